The normalized spacial score (nSPS) is 15.7. The Hall–Kier alpha value is -4.39. The topological polar surface area (TPSA) is 80.6 Å². The molecule has 0 fully saturated rings. The number of nitrogens with zero attached hydrogens (tertiary/aromatic N) is 2. The van der Waals surface area contributed by atoms with Gasteiger partial charge in [-0.15, -0.1) is 0 Å². The summed E-state index contributed by atoms with van der Waals surface area (Å²) in [5, 5.41) is 3.45. The second kappa shape index (κ2) is 8.37. The largest absolute Gasteiger partial charge is 0.497 e. The maximum Gasteiger partial charge on any atom is 0.261 e. The van der Waals surface area contributed by atoms with E-state index in [-0.39, 0.29) is 22.9 Å². The van der Waals surface area contributed by atoms with Gasteiger partial charge in [-0.2, -0.15) is 0 Å². The molecule has 1 N–H and O–H groups in total. The third kappa shape index (κ3) is 3.47. The van der Waals surface area contributed by atoms with Crippen LogP contribution in [0.15, 0.2) is 71.7 Å². The van der Waals surface area contributed by atoms with Crippen molar-refractivity contribution in [2.75, 3.05) is 23.9 Å². The Bertz CT molecular complexity index is 1600. The van der Waals surface area contributed by atoms with Gasteiger partial charge in [-0.3, -0.25) is 14.4 Å². The number of anilines is 2. The minimum Gasteiger partial charge on any atom is -0.497 e. The third-order valence-corrected chi connectivity index (χ3v) is 7.19. The Morgan fingerprint density at radius 2 is 1.83 bits per heavy atom. The molecule has 2 aliphatic heterocycles. The summed E-state index contributed by atoms with van der Waals surface area (Å²) in [7, 11) is 1.59. The van der Waals surface area contributed by atoms with Crippen LogP contribution in [0.25, 0.3) is 10.9 Å². The second-order valence-corrected chi connectivity index (χ2v) is 9.38. The van der Waals surface area contributed by atoms with Crippen LogP contribution in [0.1, 0.15) is 44.8 Å². The Morgan fingerprint density at radius 3 is 2.61 bits per heavy atom. The monoisotopic (exact) mass is 479 g/mol. The van der Waals surface area contributed by atoms with Crippen LogP contribution in [0.4, 0.5) is 11.4 Å². The minimum atomic E-state index is -0.457. The van der Waals surface area contributed by atoms with E-state index in [4.69, 9.17) is 4.74 Å². The van der Waals surface area contributed by atoms with E-state index in [0.717, 1.165) is 35.2 Å². The van der Waals surface area contributed by atoms with Gasteiger partial charge in [0.05, 0.1) is 12.6 Å². The molecular weight excluding hydrogens is 454 g/mol. The van der Waals surface area contributed by atoms with Crippen LogP contribution in [0, 0.1) is 0 Å². The number of carbonyl (C=O) groups excluding carboxylic acids is 2. The SMILES string of the molecule is COc1ccc(C(=O)N2CCc3ccc(NC(=O)c4cn5c6c(cccc6c4=O)CC5C)cc32)cc1. The summed E-state index contributed by atoms with van der Waals surface area (Å²) in [4.78, 5) is 41.4. The quantitative estimate of drug-likeness (QED) is 0.465. The first kappa shape index (κ1) is 22.1. The third-order valence-electron chi connectivity index (χ3n) is 7.19. The molecular formula is C29H25N3O4. The molecule has 36 heavy (non-hydrogen) atoms. The van der Waals surface area contributed by atoms with Gasteiger partial charge < -0.3 is 19.5 Å². The van der Waals surface area contributed by atoms with Gasteiger partial charge in [-0.05, 0) is 73.4 Å². The maximum atomic E-state index is 13.3. The molecule has 1 unspecified atom stereocenters. The fourth-order valence-electron chi connectivity index (χ4n) is 5.33. The van der Waals surface area contributed by atoms with Crippen molar-refractivity contribution in [2.24, 2.45) is 0 Å². The van der Waals surface area contributed by atoms with Gasteiger partial charge >= 0.3 is 0 Å². The molecule has 3 heterocycles. The molecule has 0 aliphatic carbocycles. The highest BCUT2D eigenvalue weighted by molar-refractivity contribution is 6.09. The fourth-order valence-corrected chi connectivity index (χ4v) is 5.33. The van der Waals surface area contributed by atoms with E-state index >= 15 is 0 Å². The lowest BCUT2D eigenvalue weighted by atomic mass is 10.1. The van der Waals surface area contributed by atoms with E-state index < -0.39 is 5.91 Å². The maximum absolute atomic E-state index is 13.3. The highest BCUT2D eigenvalue weighted by Gasteiger charge is 2.27. The fraction of sp³-hybridized carbons (Fsp3) is 0.207. The molecule has 0 spiro atoms. The molecule has 1 atom stereocenters. The average Bonchev–Trinajstić information content (AvgIpc) is 3.46. The smallest absolute Gasteiger partial charge is 0.261 e. The number of carbonyl (C=O) groups is 2. The lowest BCUT2D eigenvalue weighted by Gasteiger charge is -2.18. The second-order valence-electron chi connectivity index (χ2n) is 9.38. The number of ether oxygens (including phenoxy) is 1. The highest BCUT2D eigenvalue weighted by Crippen LogP contribution is 2.33. The summed E-state index contributed by atoms with van der Waals surface area (Å²) in [6.07, 6.45) is 3.25. The van der Waals surface area contributed by atoms with Crippen molar-refractivity contribution in [3.05, 3.63) is 99.3 Å². The number of para-hydroxylation sites is 1. The molecule has 1 aromatic heterocycles. The lowest BCUT2D eigenvalue weighted by molar-refractivity contribution is 0.0988. The Morgan fingerprint density at radius 1 is 1.03 bits per heavy atom. The number of benzene rings is 3. The van der Waals surface area contributed by atoms with Crippen LogP contribution >= 0.6 is 0 Å². The summed E-state index contributed by atoms with van der Waals surface area (Å²) >= 11 is 0. The van der Waals surface area contributed by atoms with E-state index in [9.17, 15) is 14.4 Å². The molecule has 7 heteroatoms. The van der Waals surface area contributed by atoms with Crippen LogP contribution in [-0.2, 0) is 12.8 Å². The zero-order chi connectivity index (χ0) is 25.0. The van der Waals surface area contributed by atoms with Crippen molar-refractivity contribution in [1.82, 2.24) is 4.57 Å². The molecule has 180 valence electrons. The van der Waals surface area contributed by atoms with Crippen molar-refractivity contribution in [3.63, 3.8) is 0 Å². The van der Waals surface area contributed by atoms with Crippen molar-refractivity contribution in [3.8, 4) is 5.75 Å². The Kier molecular flexibility index (Phi) is 5.14. The van der Waals surface area contributed by atoms with Crippen molar-refractivity contribution in [2.45, 2.75) is 25.8 Å². The van der Waals surface area contributed by atoms with Crippen molar-refractivity contribution >= 4 is 34.1 Å². The van der Waals surface area contributed by atoms with E-state index in [1.165, 1.54) is 0 Å². The van der Waals surface area contributed by atoms with Crippen LogP contribution in [0.5, 0.6) is 5.75 Å². The number of amides is 2. The predicted octanol–water partition coefficient (Wildman–Crippen LogP) is 4.58. The summed E-state index contributed by atoms with van der Waals surface area (Å²) in [6, 6.07) is 18.4. The summed E-state index contributed by atoms with van der Waals surface area (Å²) < 4.78 is 7.21. The number of hydrogen-bond donors (Lipinski definition) is 1. The first-order chi connectivity index (χ1) is 17.4. The highest BCUT2D eigenvalue weighted by atomic mass is 16.5. The molecule has 2 aliphatic rings. The van der Waals surface area contributed by atoms with Gasteiger partial charge in [0.2, 0.25) is 5.43 Å². The van der Waals surface area contributed by atoms with Gasteiger partial charge in [-0.25, -0.2) is 0 Å². The number of rotatable bonds is 4. The predicted molar refractivity (Wildman–Crippen MR) is 139 cm³/mol. The van der Waals surface area contributed by atoms with E-state index in [1.807, 2.05) is 28.8 Å². The number of methoxy groups -OCH3 is 1. The number of fused-ring (bicyclic) bond motifs is 1. The van der Waals surface area contributed by atoms with Gasteiger partial charge in [0.1, 0.15) is 11.3 Å². The van der Waals surface area contributed by atoms with Crippen LogP contribution in [0.3, 0.4) is 0 Å². The zero-order valence-corrected chi connectivity index (χ0v) is 20.1. The average molecular weight is 480 g/mol. The number of nitrogens with one attached hydrogen (secondary N) is 1. The van der Waals surface area contributed by atoms with E-state index in [1.54, 1.807) is 54.6 Å². The molecule has 0 saturated carbocycles. The minimum absolute atomic E-state index is 0.111. The lowest BCUT2D eigenvalue weighted by Crippen LogP contribution is -2.29. The van der Waals surface area contributed by atoms with Crippen LogP contribution < -0.4 is 20.4 Å². The van der Waals surface area contributed by atoms with E-state index in [2.05, 4.69) is 12.2 Å². The molecule has 6 rings (SSSR count). The van der Waals surface area contributed by atoms with Crippen LogP contribution in [0.2, 0.25) is 0 Å². The summed E-state index contributed by atoms with van der Waals surface area (Å²) in [5.41, 5.74) is 4.79. The Labute approximate surface area is 207 Å². The number of pyridine rings is 1. The molecule has 4 aromatic rings. The first-order valence-electron chi connectivity index (χ1n) is 12.0. The van der Waals surface area contributed by atoms with Crippen molar-refractivity contribution in [1.29, 1.82) is 0 Å². The first-order valence-corrected chi connectivity index (χ1v) is 12.0. The van der Waals surface area contributed by atoms with E-state index in [0.29, 0.717) is 28.9 Å². The Balaban J connectivity index is 1.30. The molecule has 2 amide bonds. The van der Waals surface area contributed by atoms with Gasteiger partial charge in [0, 0.05) is 41.1 Å². The summed E-state index contributed by atoms with van der Waals surface area (Å²) in [6.45, 7) is 2.65. The van der Waals surface area contributed by atoms with Gasteiger partial charge in [0.25, 0.3) is 11.8 Å². The molecule has 0 radical (unpaired) electrons. The number of aromatic nitrogens is 1. The molecule has 7 nitrogen and oxygen atoms in total. The van der Waals surface area contributed by atoms with Gasteiger partial charge in [0.15, 0.2) is 0 Å². The van der Waals surface area contributed by atoms with Crippen molar-refractivity contribution < 1.29 is 14.3 Å². The summed E-state index contributed by atoms with van der Waals surface area (Å²) in [5.74, 6) is 0.119. The standard InChI is InChI=1S/C29H25N3O4/c1-17-14-20-4-3-5-23-26(20)32(17)16-24(27(23)33)28(34)30-21-9-6-18-12-13-31(25(18)15-21)29(35)19-7-10-22(36-2)11-8-19/h3-11,15-17H,12-14H2,1-2H3,(H,30,34). The van der Waals surface area contributed by atoms with Crippen LogP contribution in [-0.4, -0.2) is 30.0 Å². The molecule has 0 bridgehead atoms. The molecule has 3 aromatic carbocycles. The van der Waals surface area contributed by atoms with Gasteiger partial charge in [-0.1, -0.05) is 18.2 Å². The number of hydrogen-bond acceptors (Lipinski definition) is 4. The molecule has 0 saturated heterocycles. The zero-order valence-electron chi connectivity index (χ0n) is 20.1.